The Kier molecular flexibility index (Phi) is 8.90. The molecule has 14 heteroatoms. The van der Waals surface area contributed by atoms with Crippen LogP contribution in [0.15, 0.2) is 41.3 Å². The first-order chi connectivity index (χ1) is 16.3. The number of hydrogen-bond donors (Lipinski definition) is 3. The van der Waals surface area contributed by atoms with Gasteiger partial charge in [-0.1, -0.05) is 13.0 Å². The maximum atomic E-state index is 14.1. The number of benzene rings is 2. The molecule has 2 amide bonds. The molecular weight excluding hydrogens is 509 g/mol. The van der Waals surface area contributed by atoms with Crippen LogP contribution in [-0.4, -0.2) is 28.1 Å². The predicted molar refractivity (Wildman–Crippen MR) is 112 cm³/mol. The average molecular weight is 524 g/mol. The van der Waals surface area contributed by atoms with Gasteiger partial charge in [0.25, 0.3) is 0 Å². The molecule has 0 heterocycles. The predicted octanol–water partition coefficient (Wildman–Crippen LogP) is 5.35. The van der Waals surface area contributed by atoms with Crippen molar-refractivity contribution >= 4 is 40.9 Å². The molecule has 0 saturated carbocycles. The summed E-state index contributed by atoms with van der Waals surface area (Å²) in [5.74, 6) is -13.5. The summed E-state index contributed by atoms with van der Waals surface area (Å²) in [5.41, 5.74) is -4.26. The first-order valence-corrected chi connectivity index (χ1v) is 10.4. The molecule has 188 valence electrons. The minimum atomic E-state index is -5.72. The molecule has 35 heavy (non-hydrogen) atoms. The highest BCUT2D eigenvalue weighted by molar-refractivity contribution is 8.00. The van der Waals surface area contributed by atoms with E-state index >= 15 is 0 Å². The Morgan fingerprint density at radius 2 is 1.60 bits per heavy atom. The summed E-state index contributed by atoms with van der Waals surface area (Å²) in [6.45, 7) is 1.49. The largest absolute Gasteiger partial charge is 0.478 e. The van der Waals surface area contributed by atoms with E-state index in [-0.39, 0.29) is 12.1 Å². The molecule has 0 aliphatic carbocycles. The monoisotopic (exact) mass is 524 g/mol. The molecule has 2 aromatic rings. The van der Waals surface area contributed by atoms with Crippen molar-refractivity contribution in [3.8, 4) is 0 Å². The number of anilines is 2. The zero-order chi connectivity index (χ0) is 26.5. The molecule has 2 aromatic carbocycles. The van der Waals surface area contributed by atoms with Gasteiger partial charge in [0.15, 0.2) is 23.3 Å². The van der Waals surface area contributed by atoms with Gasteiger partial charge in [-0.2, -0.15) is 13.2 Å². The lowest BCUT2D eigenvalue weighted by atomic mass is 10.1. The van der Waals surface area contributed by atoms with Crippen molar-refractivity contribution in [2.24, 2.45) is 0 Å². The molecule has 0 aliphatic heterocycles. The summed E-state index contributed by atoms with van der Waals surface area (Å²) < 4.78 is 93.9. The van der Waals surface area contributed by atoms with Gasteiger partial charge in [-0.25, -0.2) is 22.4 Å². The Bertz CT molecular complexity index is 1160. The maximum absolute atomic E-state index is 14.1. The molecule has 0 spiro atoms. The Balaban J connectivity index is 2.24. The highest BCUT2D eigenvalue weighted by atomic mass is 32.2. The number of aliphatic carboxylic acids is 1. The van der Waals surface area contributed by atoms with Crippen molar-refractivity contribution in [1.29, 1.82) is 0 Å². The molecule has 0 bridgehead atoms. The number of carbonyl (C=O) groups is 3. The van der Waals surface area contributed by atoms with Gasteiger partial charge < -0.3 is 15.7 Å². The molecule has 0 aromatic heterocycles. The van der Waals surface area contributed by atoms with E-state index < -0.39 is 63.7 Å². The second-order valence-electron chi connectivity index (χ2n) is 6.70. The quantitative estimate of drug-likeness (QED) is 0.187. The van der Waals surface area contributed by atoms with E-state index in [1.807, 2.05) is 0 Å². The zero-order valence-electron chi connectivity index (χ0n) is 17.5. The van der Waals surface area contributed by atoms with E-state index in [0.717, 1.165) is 17.8 Å². The SMILES string of the molecule is CCC(Sc1cccc(NC(=O)/C=C/C(=O)O)c1)C(=O)Nc1c(F)c(F)c(C(F)(F)F)c(F)c1F. The number of amides is 2. The third-order valence-electron chi connectivity index (χ3n) is 4.22. The Morgan fingerprint density at radius 1 is 1.00 bits per heavy atom. The number of alkyl halides is 3. The molecule has 0 radical (unpaired) electrons. The van der Waals surface area contributed by atoms with E-state index in [9.17, 15) is 45.1 Å². The Hall–Kier alpha value is -3.55. The van der Waals surface area contributed by atoms with Crippen molar-refractivity contribution in [3.05, 3.63) is 65.2 Å². The molecule has 0 fully saturated rings. The molecule has 1 atom stereocenters. The van der Waals surface area contributed by atoms with Crippen molar-refractivity contribution in [2.45, 2.75) is 29.7 Å². The van der Waals surface area contributed by atoms with Gasteiger partial charge in [-0.15, -0.1) is 11.8 Å². The smallest absolute Gasteiger partial charge is 0.422 e. The molecule has 0 aliphatic rings. The van der Waals surface area contributed by atoms with Crippen LogP contribution in [0.4, 0.5) is 42.1 Å². The van der Waals surface area contributed by atoms with Crippen LogP contribution in [0.3, 0.4) is 0 Å². The molecule has 3 N–H and O–H groups in total. The van der Waals surface area contributed by atoms with Gasteiger partial charge in [0.05, 0.1) is 5.25 Å². The van der Waals surface area contributed by atoms with Crippen LogP contribution < -0.4 is 10.6 Å². The molecule has 1 unspecified atom stereocenters. The fourth-order valence-corrected chi connectivity index (χ4v) is 3.67. The van der Waals surface area contributed by atoms with Gasteiger partial charge in [0, 0.05) is 22.7 Å². The van der Waals surface area contributed by atoms with E-state index in [0.29, 0.717) is 11.0 Å². The first kappa shape index (κ1) is 27.7. The lowest BCUT2D eigenvalue weighted by Crippen LogP contribution is -2.27. The third kappa shape index (κ3) is 6.97. The van der Waals surface area contributed by atoms with Gasteiger partial charge in [0.2, 0.25) is 11.8 Å². The third-order valence-corrected chi connectivity index (χ3v) is 5.57. The normalized spacial score (nSPS) is 12.5. The van der Waals surface area contributed by atoms with Crippen LogP contribution in [0.25, 0.3) is 0 Å². The molecule has 6 nitrogen and oxygen atoms in total. The number of halogens is 7. The van der Waals surface area contributed by atoms with Gasteiger partial charge in [-0.05, 0) is 24.6 Å². The standard InChI is InChI=1S/C21H15F7N2O4S/c1-2-11(35-10-5-3-4-9(8-10)29-12(31)6-7-13(32)33)20(34)30-19-17(24)15(22)14(21(26,27)28)16(23)18(19)25/h3-8,11H,2H2,1H3,(H,29,31)(H,30,34)(H,32,33)/b7-6+. The van der Waals surface area contributed by atoms with Crippen molar-refractivity contribution < 1.29 is 50.2 Å². The summed E-state index contributed by atoms with van der Waals surface area (Å²) in [6.07, 6.45) is -4.33. The van der Waals surface area contributed by atoms with Crippen LogP contribution in [0, 0.1) is 23.3 Å². The van der Waals surface area contributed by atoms with E-state index in [2.05, 4.69) is 5.32 Å². The fourth-order valence-electron chi connectivity index (χ4n) is 2.66. The van der Waals surface area contributed by atoms with Crippen LogP contribution in [-0.2, 0) is 20.6 Å². The van der Waals surface area contributed by atoms with Crippen molar-refractivity contribution in [1.82, 2.24) is 0 Å². The van der Waals surface area contributed by atoms with Crippen LogP contribution in [0.2, 0.25) is 0 Å². The molecule has 2 rings (SSSR count). The number of carboxylic acids is 1. The van der Waals surface area contributed by atoms with Gasteiger partial charge in [0.1, 0.15) is 11.3 Å². The summed E-state index contributed by atoms with van der Waals surface area (Å²) in [5, 5.41) is 11.4. The minimum Gasteiger partial charge on any atom is -0.478 e. The highest BCUT2D eigenvalue weighted by Gasteiger charge is 2.42. The fraction of sp³-hybridized carbons (Fsp3) is 0.190. The van der Waals surface area contributed by atoms with Gasteiger partial charge >= 0.3 is 12.1 Å². The number of thioether (sulfide) groups is 1. The van der Waals surface area contributed by atoms with Crippen LogP contribution in [0.5, 0.6) is 0 Å². The number of rotatable bonds is 8. The maximum Gasteiger partial charge on any atom is 0.422 e. The topological polar surface area (TPSA) is 95.5 Å². The zero-order valence-corrected chi connectivity index (χ0v) is 18.3. The second kappa shape index (κ2) is 11.3. The lowest BCUT2D eigenvalue weighted by Gasteiger charge is -2.18. The Labute approximate surface area is 197 Å². The van der Waals surface area contributed by atoms with Crippen LogP contribution in [0.1, 0.15) is 18.9 Å². The number of nitrogens with one attached hydrogen (secondary N) is 2. The van der Waals surface area contributed by atoms with Gasteiger partial charge in [-0.3, -0.25) is 9.59 Å². The van der Waals surface area contributed by atoms with E-state index in [4.69, 9.17) is 5.11 Å². The van der Waals surface area contributed by atoms with Crippen LogP contribution >= 0.6 is 11.8 Å². The van der Waals surface area contributed by atoms with Crippen molar-refractivity contribution in [2.75, 3.05) is 10.6 Å². The number of carbonyl (C=O) groups excluding carboxylic acids is 2. The highest BCUT2D eigenvalue weighted by Crippen LogP contribution is 2.39. The minimum absolute atomic E-state index is 0.0171. The summed E-state index contributed by atoms with van der Waals surface area (Å²) in [6, 6.07) is 5.77. The van der Waals surface area contributed by atoms with Crippen molar-refractivity contribution in [3.63, 3.8) is 0 Å². The second-order valence-corrected chi connectivity index (χ2v) is 7.97. The summed E-state index contributed by atoms with van der Waals surface area (Å²) >= 11 is 0.815. The van der Waals surface area contributed by atoms with E-state index in [1.54, 1.807) is 5.32 Å². The summed E-state index contributed by atoms with van der Waals surface area (Å²) in [7, 11) is 0. The summed E-state index contributed by atoms with van der Waals surface area (Å²) in [4.78, 5) is 35.0. The average Bonchev–Trinajstić information content (AvgIpc) is 2.77. The molecule has 0 saturated heterocycles. The van der Waals surface area contributed by atoms with E-state index in [1.165, 1.54) is 31.2 Å². The first-order valence-electron chi connectivity index (χ1n) is 9.48. The number of carboxylic acid groups (broad SMARTS) is 1. The Morgan fingerprint density at radius 3 is 2.11 bits per heavy atom. The lowest BCUT2D eigenvalue weighted by molar-refractivity contribution is -0.143. The molecular formula is C21H15F7N2O4S. The number of hydrogen-bond acceptors (Lipinski definition) is 4.